The number of rotatable bonds is 7. The van der Waals surface area contributed by atoms with E-state index in [-0.39, 0.29) is 11.9 Å². The molecule has 8 heteroatoms. The molecule has 0 fully saturated rings. The van der Waals surface area contributed by atoms with Crippen LogP contribution in [-0.4, -0.2) is 29.8 Å². The number of benzene rings is 2. The van der Waals surface area contributed by atoms with Gasteiger partial charge >= 0.3 is 0 Å². The van der Waals surface area contributed by atoms with Crippen LogP contribution in [0.4, 0.5) is 0 Å². The van der Waals surface area contributed by atoms with Crippen molar-refractivity contribution in [2.75, 3.05) is 13.7 Å². The van der Waals surface area contributed by atoms with Crippen molar-refractivity contribution in [1.29, 1.82) is 0 Å². The zero-order valence-corrected chi connectivity index (χ0v) is 18.1. The Kier molecular flexibility index (Phi) is 6.32. The van der Waals surface area contributed by atoms with Crippen LogP contribution < -0.4 is 14.8 Å². The van der Waals surface area contributed by atoms with Gasteiger partial charge in [0.05, 0.1) is 19.8 Å². The first-order valence-electron chi connectivity index (χ1n) is 9.81. The summed E-state index contributed by atoms with van der Waals surface area (Å²) in [6.45, 7) is 0.593. The maximum absolute atomic E-state index is 12.4. The van der Waals surface area contributed by atoms with Crippen LogP contribution in [0.15, 0.2) is 51.5 Å². The Balaban J connectivity index is 1.28. The highest BCUT2D eigenvalue weighted by molar-refractivity contribution is 9.10. The van der Waals surface area contributed by atoms with Gasteiger partial charge in [-0.1, -0.05) is 21.1 Å². The second-order valence-electron chi connectivity index (χ2n) is 7.03. The van der Waals surface area contributed by atoms with Gasteiger partial charge in [0.1, 0.15) is 11.5 Å². The minimum Gasteiger partial charge on any atom is -0.497 e. The SMILES string of the molecule is COc1ccc(-c2noc(CCCC(=O)NC3CCOc4ccc(Br)cc43)n2)cc1. The number of hydrogen-bond acceptors (Lipinski definition) is 6. The molecule has 7 nitrogen and oxygen atoms in total. The lowest BCUT2D eigenvalue weighted by Crippen LogP contribution is -2.32. The molecule has 2 aromatic carbocycles. The quantitative estimate of drug-likeness (QED) is 0.546. The van der Waals surface area contributed by atoms with Crippen LogP contribution >= 0.6 is 15.9 Å². The molecule has 0 bridgehead atoms. The zero-order chi connectivity index (χ0) is 20.9. The number of carbonyl (C=O) groups excluding carboxylic acids is 1. The van der Waals surface area contributed by atoms with Crippen LogP contribution in [0.25, 0.3) is 11.4 Å². The largest absolute Gasteiger partial charge is 0.497 e. The summed E-state index contributed by atoms with van der Waals surface area (Å²) < 4.78 is 17.1. The molecule has 0 saturated heterocycles. The van der Waals surface area contributed by atoms with Crippen molar-refractivity contribution in [3.8, 4) is 22.9 Å². The van der Waals surface area contributed by atoms with Crippen molar-refractivity contribution in [2.24, 2.45) is 0 Å². The van der Waals surface area contributed by atoms with Gasteiger partial charge in [0, 0.05) is 34.9 Å². The molecule has 1 aliphatic rings. The van der Waals surface area contributed by atoms with Gasteiger partial charge in [0.15, 0.2) is 0 Å². The lowest BCUT2D eigenvalue weighted by atomic mass is 10.0. The average molecular weight is 472 g/mol. The summed E-state index contributed by atoms with van der Waals surface area (Å²) >= 11 is 3.48. The van der Waals surface area contributed by atoms with Gasteiger partial charge in [-0.2, -0.15) is 4.98 Å². The molecular weight excluding hydrogens is 450 g/mol. The fraction of sp³-hybridized carbons (Fsp3) is 0.318. The van der Waals surface area contributed by atoms with Crippen LogP contribution in [0.3, 0.4) is 0 Å². The van der Waals surface area contributed by atoms with E-state index < -0.39 is 0 Å². The van der Waals surface area contributed by atoms with Crippen LogP contribution in [0.2, 0.25) is 0 Å². The monoisotopic (exact) mass is 471 g/mol. The van der Waals surface area contributed by atoms with Crippen molar-refractivity contribution in [1.82, 2.24) is 15.5 Å². The number of aromatic nitrogens is 2. The van der Waals surface area contributed by atoms with Crippen molar-refractivity contribution < 1.29 is 18.8 Å². The Bertz CT molecular complexity index is 1020. The molecule has 1 amide bonds. The summed E-state index contributed by atoms with van der Waals surface area (Å²) in [6.07, 6.45) is 2.32. The summed E-state index contributed by atoms with van der Waals surface area (Å²) in [4.78, 5) is 16.9. The average Bonchev–Trinajstić information content (AvgIpc) is 3.23. The number of methoxy groups -OCH3 is 1. The molecule has 1 atom stereocenters. The summed E-state index contributed by atoms with van der Waals surface area (Å²) in [5.41, 5.74) is 1.86. The standard InChI is InChI=1S/C22H22BrN3O4/c1-28-16-8-5-14(6-9-16)22-25-21(30-26-22)4-2-3-20(27)24-18-11-12-29-19-10-7-15(23)13-17(18)19/h5-10,13,18H,2-4,11-12H2,1H3,(H,24,27). The molecule has 30 heavy (non-hydrogen) atoms. The number of aryl methyl sites for hydroxylation is 1. The van der Waals surface area contributed by atoms with E-state index in [1.807, 2.05) is 42.5 Å². The highest BCUT2D eigenvalue weighted by Crippen LogP contribution is 2.34. The van der Waals surface area contributed by atoms with Crippen molar-refractivity contribution in [3.63, 3.8) is 0 Å². The number of fused-ring (bicyclic) bond motifs is 1. The number of carbonyl (C=O) groups is 1. The fourth-order valence-corrected chi connectivity index (χ4v) is 3.77. The molecule has 3 aromatic rings. The van der Waals surface area contributed by atoms with Gasteiger partial charge in [-0.15, -0.1) is 0 Å². The molecule has 1 unspecified atom stereocenters. The van der Waals surface area contributed by atoms with Crippen LogP contribution in [0.5, 0.6) is 11.5 Å². The van der Waals surface area contributed by atoms with E-state index in [1.54, 1.807) is 7.11 Å². The first kappa shape index (κ1) is 20.4. The molecule has 1 aliphatic heterocycles. The number of hydrogen-bond donors (Lipinski definition) is 1. The number of nitrogens with one attached hydrogen (secondary N) is 1. The molecule has 156 valence electrons. The Hall–Kier alpha value is -2.87. The third-order valence-corrected chi connectivity index (χ3v) is 5.45. The number of ether oxygens (including phenoxy) is 2. The molecule has 0 spiro atoms. The van der Waals surface area contributed by atoms with E-state index in [2.05, 4.69) is 31.4 Å². The molecule has 0 saturated carbocycles. The maximum Gasteiger partial charge on any atom is 0.226 e. The minimum absolute atomic E-state index is 0.00252. The highest BCUT2D eigenvalue weighted by Gasteiger charge is 2.23. The summed E-state index contributed by atoms with van der Waals surface area (Å²) in [6, 6.07) is 13.3. The lowest BCUT2D eigenvalue weighted by molar-refractivity contribution is -0.122. The van der Waals surface area contributed by atoms with Crippen molar-refractivity contribution in [2.45, 2.75) is 31.7 Å². The second kappa shape index (κ2) is 9.30. The molecular formula is C22H22BrN3O4. The number of halogens is 1. The first-order valence-corrected chi connectivity index (χ1v) is 10.6. The Morgan fingerprint density at radius 1 is 1.27 bits per heavy atom. The molecule has 0 radical (unpaired) electrons. The molecule has 1 aromatic heterocycles. The van der Waals surface area contributed by atoms with E-state index in [1.165, 1.54) is 0 Å². The van der Waals surface area contributed by atoms with Crippen LogP contribution in [-0.2, 0) is 11.2 Å². The first-order chi connectivity index (χ1) is 14.6. The van der Waals surface area contributed by atoms with Gasteiger partial charge in [0.25, 0.3) is 0 Å². The van der Waals surface area contributed by atoms with E-state index in [0.717, 1.165) is 33.5 Å². The van der Waals surface area contributed by atoms with Gasteiger partial charge in [-0.25, -0.2) is 0 Å². The minimum atomic E-state index is -0.0381. The van der Waals surface area contributed by atoms with Gasteiger partial charge in [0.2, 0.25) is 17.6 Å². The van der Waals surface area contributed by atoms with Crippen molar-refractivity contribution in [3.05, 3.63) is 58.4 Å². The molecule has 4 rings (SSSR count). The molecule has 2 heterocycles. The Labute approximate surface area is 182 Å². The topological polar surface area (TPSA) is 86.5 Å². The van der Waals surface area contributed by atoms with Crippen LogP contribution in [0.1, 0.15) is 36.8 Å². The van der Waals surface area contributed by atoms with E-state index >= 15 is 0 Å². The van der Waals surface area contributed by atoms with Gasteiger partial charge in [-0.3, -0.25) is 4.79 Å². The van der Waals surface area contributed by atoms with E-state index in [0.29, 0.717) is 37.6 Å². The predicted molar refractivity (Wildman–Crippen MR) is 114 cm³/mol. The van der Waals surface area contributed by atoms with Gasteiger partial charge < -0.3 is 19.3 Å². The Morgan fingerprint density at radius 3 is 2.90 bits per heavy atom. The third kappa shape index (κ3) is 4.81. The molecule has 0 aliphatic carbocycles. The molecule has 1 N–H and O–H groups in total. The predicted octanol–water partition coefficient (Wildman–Crippen LogP) is 4.47. The highest BCUT2D eigenvalue weighted by atomic mass is 79.9. The maximum atomic E-state index is 12.4. The van der Waals surface area contributed by atoms with Gasteiger partial charge in [-0.05, 0) is 48.9 Å². The number of nitrogens with zero attached hydrogens (tertiary/aromatic N) is 2. The summed E-state index contributed by atoms with van der Waals surface area (Å²) in [5, 5.41) is 7.13. The Morgan fingerprint density at radius 2 is 2.10 bits per heavy atom. The number of amides is 1. The zero-order valence-electron chi connectivity index (χ0n) is 16.6. The summed E-state index contributed by atoms with van der Waals surface area (Å²) in [5.74, 6) is 2.65. The normalized spacial score (nSPS) is 15.2. The van der Waals surface area contributed by atoms with E-state index in [9.17, 15) is 4.79 Å². The second-order valence-corrected chi connectivity index (χ2v) is 7.95. The smallest absolute Gasteiger partial charge is 0.226 e. The van der Waals surface area contributed by atoms with E-state index in [4.69, 9.17) is 14.0 Å². The fourth-order valence-electron chi connectivity index (χ4n) is 3.40. The van der Waals surface area contributed by atoms with Crippen molar-refractivity contribution >= 4 is 21.8 Å². The lowest BCUT2D eigenvalue weighted by Gasteiger charge is -2.27. The van der Waals surface area contributed by atoms with Crippen LogP contribution in [0, 0.1) is 0 Å². The third-order valence-electron chi connectivity index (χ3n) is 4.96. The summed E-state index contributed by atoms with van der Waals surface area (Å²) in [7, 11) is 1.62.